The van der Waals surface area contributed by atoms with E-state index in [9.17, 15) is 9.18 Å². The Morgan fingerprint density at radius 1 is 1.56 bits per heavy atom. The van der Waals surface area contributed by atoms with Crippen LogP contribution in [0.2, 0.25) is 0 Å². The van der Waals surface area contributed by atoms with Crippen LogP contribution < -0.4 is 11.1 Å². The molecule has 1 atom stereocenters. The molecule has 0 spiro atoms. The second kappa shape index (κ2) is 4.12. The van der Waals surface area contributed by atoms with E-state index in [0.717, 1.165) is 6.07 Å². The van der Waals surface area contributed by atoms with Crippen LogP contribution in [-0.2, 0) is 0 Å². The second-order valence-electron chi connectivity index (χ2n) is 4.33. The van der Waals surface area contributed by atoms with Gasteiger partial charge < -0.3 is 11.1 Å². The number of amides is 1. The van der Waals surface area contributed by atoms with E-state index >= 15 is 0 Å². The Bertz CT molecular complexity index is 415. The van der Waals surface area contributed by atoms with E-state index in [1.807, 2.05) is 6.92 Å². The summed E-state index contributed by atoms with van der Waals surface area (Å²) in [5.41, 5.74) is 6.11. The first-order valence-electron chi connectivity index (χ1n) is 5.44. The van der Waals surface area contributed by atoms with Gasteiger partial charge in [-0.1, -0.05) is 0 Å². The molecule has 0 aromatic heterocycles. The summed E-state index contributed by atoms with van der Waals surface area (Å²) >= 11 is 0. The molecular formula is C12H15FN2O. The number of nitrogens with two attached hydrogens (primary N) is 1. The van der Waals surface area contributed by atoms with Gasteiger partial charge in [-0.25, -0.2) is 4.39 Å². The molecule has 86 valence electrons. The van der Waals surface area contributed by atoms with Gasteiger partial charge in [0.2, 0.25) is 0 Å². The van der Waals surface area contributed by atoms with Crippen molar-refractivity contribution >= 4 is 11.6 Å². The average Bonchev–Trinajstić information content (AvgIpc) is 2.99. The zero-order valence-corrected chi connectivity index (χ0v) is 9.16. The molecule has 3 N–H and O–H groups in total. The Balaban J connectivity index is 2.07. The zero-order chi connectivity index (χ0) is 11.7. The number of hydrogen-bond acceptors (Lipinski definition) is 2. The van der Waals surface area contributed by atoms with Crippen molar-refractivity contribution in [3.63, 3.8) is 0 Å². The molecule has 4 heteroatoms. The van der Waals surface area contributed by atoms with Gasteiger partial charge in [-0.15, -0.1) is 0 Å². The van der Waals surface area contributed by atoms with E-state index in [2.05, 4.69) is 5.32 Å². The summed E-state index contributed by atoms with van der Waals surface area (Å²) in [6, 6.07) is 3.99. The van der Waals surface area contributed by atoms with Gasteiger partial charge in [0.25, 0.3) is 5.91 Å². The van der Waals surface area contributed by atoms with Crippen LogP contribution in [0.5, 0.6) is 0 Å². The smallest absolute Gasteiger partial charge is 0.253 e. The summed E-state index contributed by atoms with van der Waals surface area (Å²) in [5.74, 6) is -0.0631. The van der Waals surface area contributed by atoms with Crippen LogP contribution in [0.3, 0.4) is 0 Å². The Kier molecular flexibility index (Phi) is 2.81. The number of anilines is 1. The predicted octanol–water partition coefficient (Wildman–Crippen LogP) is 1.94. The van der Waals surface area contributed by atoms with Crippen molar-refractivity contribution in [1.29, 1.82) is 0 Å². The lowest BCUT2D eigenvalue weighted by Crippen LogP contribution is -2.34. The number of nitrogen functional groups attached to an aromatic ring is 1. The molecular weight excluding hydrogens is 207 g/mol. The van der Waals surface area contributed by atoms with Gasteiger partial charge in [0.05, 0.1) is 5.56 Å². The minimum Gasteiger partial charge on any atom is -0.398 e. The Morgan fingerprint density at radius 3 is 2.81 bits per heavy atom. The molecule has 1 unspecified atom stereocenters. The highest BCUT2D eigenvalue weighted by Crippen LogP contribution is 2.32. The van der Waals surface area contributed by atoms with Crippen LogP contribution in [0.15, 0.2) is 18.2 Å². The highest BCUT2D eigenvalue weighted by Gasteiger charge is 2.29. The van der Waals surface area contributed by atoms with Crippen LogP contribution in [0.1, 0.15) is 30.1 Å². The summed E-state index contributed by atoms with van der Waals surface area (Å²) in [5, 5.41) is 2.88. The highest BCUT2D eigenvalue weighted by molar-refractivity contribution is 5.99. The lowest BCUT2D eigenvalue weighted by Gasteiger charge is -2.13. The molecule has 1 aliphatic carbocycles. The topological polar surface area (TPSA) is 55.1 Å². The standard InChI is InChI=1S/C12H15FN2O/c1-7(8-2-3-8)15-12(16)10-5-4-9(13)6-11(10)14/h4-8H,2-3,14H2,1H3,(H,15,16). The molecule has 3 nitrogen and oxygen atoms in total. The first-order valence-corrected chi connectivity index (χ1v) is 5.44. The first kappa shape index (κ1) is 10.9. The van der Waals surface area contributed by atoms with Gasteiger partial charge in [-0.05, 0) is 43.9 Å². The Labute approximate surface area is 93.8 Å². The fraction of sp³-hybridized carbons (Fsp3) is 0.417. The number of hydrogen-bond donors (Lipinski definition) is 2. The highest BCUT2D eigenvalue weighted by atomic mass is 19.1. The van der Waals surface area contributed by atoms with E-state index in [1.165, 1.54) is 25.0 Å². The van der Waals surface area contributed by atoms with Crippen LogP contribution in [0.4, 0.5) is 10.1 Å². The maximum Gasteiger partial charge on any atom is 0.253 e. The zero-order valence-electron chi connectivity index (χ0n) is 9.16. The molecule has 0 radical (unpaired) electrons. The van der Waals surface area contributed by atoms with Crippen LogP contribution in [-0.4, -0.2) is 11.9 Å². The number of carbonyl (C=O) groups excluding carboxylic acids is 1. The number of benzene rings is 1. The molecule has 1 aliphatic rings. The number of nitrogens with one attached hydrogen (secondary N) is 1. The minimum absolute atomic E-state index is 0.164. The van der Waals surface area contributed by atoms with Crippen molar-refractivity contribution in [2.45, 2.75) is 25.8 Å². The van der Waals surface area contributed by atoms with Crippen molar-refractivity contribution in [2.24, 2.45) is 5.92 Å². The second-order valence-corrected chi connectivity index (χ2v) is 4.33. The van der Waals surface area contributed by atoms with Gasteiger partial charge in [-0.2, -0.15) is 0 Å². The van der Waals surface area contributed by atoms with Gasteiger partial charge in [0, 0.05) is 11.7 Å². The fourth-order valence-corrected chi connectivity index (χ4v) is 1.74. The molecule has 16 heavy (non-hydrogen) atoms. The molecule has 0 bridgehead atoms. The van der Waals surface area contributed by atoms with Crippen LogP contribution in [0.25, 0.3) is 0 Å². The molecule has 2 rings (SSSR count). The summed E-state index contributed by atoms with van der Waals surface area (Å²) in [6.07, 6.45) is 2.33. The van der Waals surface area contributed by atoms with Crippen LogP contribution >= 0.6 is 0 Å². The first-order chi connectivity index (χ1) is 7.58. The molecule has 1 aromatic carbocycles. The summed E-state index contributed by atoms with van der Waals surface area (Å²) in [6.45, 7) is 1.98. The Hall–Kier alpha value is -1.58. The molecule has 0 saturated heterocycles. The van der Waals surface area contributed by atoms with E-state index in [0.29, 0.717) is 11.5 Å². The lowest BCUT2D eigenvalue weighted by atomic mass is 10.1. The molecule has 1 fully saturated rings. The third-order valence-corrected chi connectivity index (χ3v) is 2.95. The van der Waals surface area contributed by atoms with Gasteiger partial charge in [0.15, 0.2) is 0 Å². The number of carbonyl (C=O) groups is 1. The quantitative estimate of drug-likeness (QED) is 0.768. The maximum atomic E-state index is 12.8. The van der Waals surface area contributed by atoms with Crippen molar-refractivity contribution in [3.8, 4) is 0 Å². The Morgan fingerprint density at radius 2 is 2.25 bits per heavy atom. The van der Waals surface area contributed by atoms with Crippen LogP contribution in [0, 0.1) is 11.7 Å². The largest absolute Gasteiger partial charge is 0.398 e. The third-order valence-electron chi connectivity index (χ3n) is 2.95. The monoisotopic (exact) mass is 222 g/mol. The maximum absolute atomic E-state index is 12.8. The molecule has 1 amide bonds. The van der Waals surface area contributed by atoms with E-state index in [1.54, 1.807) is 0 Å². The fourth-order valence-electron chi connectivity index (χ4n) is 1.74. The third kappa shape index (κ3) is 2.32. The molecule has 1 aromatic rings. The molecule has 0 heterocycles. The normalized spacial score (nSPS) is 16.9. The van der Waals surface area contributed by atoms with Crippen molar-refractivity contribution in [2.75, 3.05) is 5.73 Å². The number of halogens is 1. The summed E-state index contributed by atoms with van der Waals surface area (Å²) < 4.78 is 12.8. The summed E-state index contributed by atoms with van der Waals surface area (Å²) in [4.78, 5) is 11.8. The van der Waals surface area contributed by atoms with Crippen molar-refractivity contribution < 1.29 is 9.18 Å². The van der Waals surface area contributed by atoms with E-state index in [-0.39, 0.29) is 17.6 Å². The van der Waals surface area contributed by atoms with Gasteiger partial charge >= 0.3 is 0 Å². The van der Waals surface area contributed by atoms with Crippen molar-refractivity contribution in [1.82, 2.24) is 5.32 Å². The molecule has 1 saturated carbocycles. The predicted molar refractivity (Wildman–Crippen MR) is 60.5 cm³/mol. The minimum atomic E-state index is -0.427. The summed E-state index contributed by atoms with van der Waals surface area (Å²) in [7, 11) is 0. The van der Waals surface area contributed by atoms with E-state index < -0.39 is 5.82 Å². The van der Waals surface area contributed by atoms with Gasteiger partial charge in [-0.3, -0.25) is 4.79 Å². The van der Waals surface area contributed by atoms with Gasteiger partial charge in [0.1, 0.15) is 5.82 Å². The lowest BCUT2D eigenvalue weighted by molar-refractivity contribution is 0.0936. The van der Waals surface area contributed by atoms with Crippen molar-refractivity contribution in [3.05, 3.63) is 29.6 Å². The van der Waals surface area contributed by atoms with E-state index in [4.69, 9.17) is 5.73 Å². The SMILES string of the molecule is CC(NC(=O)c1ccc(F)cc1N)C1CC1. The number of rotatable bonds is 3. The molecule has 0 aliphatic heterocycles. The average molecular weight is 222 g/mol.